The minimum atomic E-state index is -3.89. The molecule has 1 aromatic rings. The largest absolute Gasteiger partial charge is 0.480 e. The average Bonchev–Trinajstić information content (AvgIpc) is 2.23. The van der Waals surface area contributed by atoms with Crippen molar-refractivity contribution in [2.75, 3.05) is 6.54 Å². The highest BCUT2D eigenvalue weighted by atomic mass is 79.9. The molecule has 0 unspecified atom stereocenters. The summed E-state index contributed by atoms with van der Waals surface area (Å²) < 4.78 is 25.1. The summed E-state index contributed by atoms with van der Waals surface area (Å²) in [5.41, 5.74) is 0. The number of aliphatic imine (C=N–C) groups is 1. The van der Waals surface area contributed by atoms with Crippen LogP contribution in [-0.2, 0) is 14.8 Å². The zero-order valence-corrected chi connectivity index (χ0v) is 10.6. The van der Waals surface area contributed by atoms with E-state index in [1.807, 2.05) is 0 Å². The molecule has 0 radical (unpaired) electrons. The summed E-state index contributed by atoms with van der Waals surface area (Å²) in [6.07, 6.45) is 2.37. The Morgan fingerprint density at radius 2 is 2.24 bits per heavy atom. The van der Waals surface area contributed by atoms with Gasteiger partial charge in [0.1, 0.15) is 17.8 Å². The van der Waals surface area contributed by atoms with Gasteiger partial charge in [-0.25, -0.2) is 22.7 Å². The quantitative estimate of drug-likeness (QED) is 0.860. The summed E-state index contributed by atoms with van der Waals surface area (Å²) in [7, 11) is -3.89. The van der Waals surface area contributed by atoms with Crippen molar-refractivity contribution in [2.45, 2.75) is 4.90 Å². The van der Waals surface area contributed by atoms with E-state index in [1.54, 1.807) is 0 Å². The number of nitrogens with zero attached hydrogens (tertiary/aromatic N) is 3. The van der Waals surface area contributed by atoms with Crippen molar-refractivity contribution in [3.8, 4) is 0 Å². The van der Waals surface area contributed by atoms with E-state index >= 15 is 0 Å². The summed E-state index contributed by atoms with van der Waals surface area (Å²) in [4.78, 5) is 18.0. The van der Waals surface area contributed by atoms with Gasteiger partial charge in [0.15, 0.2) is 5.82 Å². The minimum absolute atomic E-state index is 0.0508. The van der Waals surface area contributed by atoms with Crippen LogP contribution in [0.5, 0.6) is 0 Å². The predicted octanol–water partition coefficient (Wildman–Crippen LogP) is 0.593. The Bertz CT molecular complexity index is 613. The van der Waals surface area contributed by atoms with Gasteiger partial charge in [-0.1, -0.05) is 0 Å². The smallest absolute Gasteiger partial charge is 0.324 e. The van der Waals surface area contributed by atoms with Gasteiger partial charge in [-0.15, -0.1) is 0 Å². The maximum absolute atomic E-state index is 12.0. The van der Waals surface area contributed by atoms with E-state index in [1.165, 1.54) is 12.3 Å². The second kappa shape index (κ2) is 4.08. The lowest BCUT2D eigenvalue weighted by Gasteiger charge is -2.21. The third-order valence-corrected chi connectivity index (χ3v) is 4.12. The van der Waals surface area contributed by atoms with E-state index in [0.29, 0.717) is 8.78 Å². The van der Waals surface area contributed by atoms with Crippen LogP contribution in [0.4, 0.5) is 5.82 Å². The molecule has 1 aliphatic rings. The summed E-state index contributed by atoms with van der Waals surface area (Å²) in [5.74, 6) is -1.21. The van der Waals surface area contributed by atoms with Gasteiger partial charge >= 0.3 is 5.97 Å². The minimum Gasteiger partial charge on any atom is -0.480 e. The second-order valence-electron chi connectivity index (χ2n) is 3.16. The number of hydrogen-bond acceptors (Lipinski definition) is 5. The number of carboxylic acids is 1. The molecule has 1 aliphatic heterocycles. The molecule has 9 heteroatoms. The van der Waals surface area contributed by atoms with Gasteiger partial charge in [0.25, 0.3) is 10.0 Å². The highest BCUT2D eigenvalue weighted by Crippen LogP contribution is 2.30. The van der Waals surface area contributed by atoms with E-state index in [4.69, 9.17) is 5.11 Å². The molecule has 0 fully saturated rings. The first-order valence-electron chi connectivity index (χ1n) is 4.34. The SMILES string of the molecule is O=C(O)CN1C=Nc2ncc(Br)cc2S1(=O)=O. The van der Waals surface area contributed by atoms with E-state index in [2.05, 4.69) is 25.9 Å². The molecule has 0 saturated carbocycles. The van der Waals surface area contributed by atoms with Crippen molar-refractivity contribution in [1.29, 1.82) is 0 Å². The van der Waals surface area contributed by atoms with Crippen LogP contribution < -0.4 is 0 Å². The monoisotopic (exact) mass is 319 g/mol. The molecule has 90 valence electrons. The van der Waals surface area contributed by atoms with Crippen LogP contribution in [-0.4, -0.2) is 41.7 Å². The molecule has 2 heterocycles. The van der Waals surface area contributed by atoms with E-state index < -0.39 is 22.5 Å². The zero-order valence-electron chi connectivity index (χ0n) is 8.24. The van der Waals surface area contributed by atoms with Crippen LogP contribution in [0.3, 0.4) is 0 Å². The molecule has 0 spiro atoms. The summed E-state index contributed by atoms with van der Waals surface area (Å²) in [6, 6.07) is 1.34. The van der Waals surface area contributed by atoms with Gasteiger partial charge in [0.2, 0.25) is 0 Å². The molecule has 1 aromatic heterocycles. The predicted molar refractivity (Wildman–Crippen MR) is 61.6 cm³/mol. The van der Waals surface area contributed by atoms with Crippen LogP contribution in [0.1, 0.15) is 0 Å². The summed E-state index contributed by atoms with van der Waals surface area (Å²) in [5, 5.41) is 8.61. The second-order valence-corrected chi connectivity index (χ2v) is 5.94. The van der Waals surface area contributed by atoms with Crippen LogP contribution in [0.25, 0.3) is 0 Å². The van der Waals surface area contributed by atoms with Crippen molar-refractivity contribution in [1.82, 2.24) is 9.29 Å². The first kappa shape index (κ1) is 12.0. The Morgan fingerprint density at radius 3 is 2.88 bits per heavy atom. The Morgan fingerprint density at radius 1 is 1.53 bits per heavy atom. The standard InChI is InChI=1S/C8H6BrN3O4S/c9-5-1-6-8(10-2-5)11-4-12(3-7(13)14)17(6,15)16/h1-2,4H,3H2,(H,13,14). The first-order valence-corrected chi connectivity index (χ1v) is 6.58. The highest BCUT2D eigenvalue weighted by Gasteiger charge is 2.31. The number of carbonyl (C=O) groups is 1. The zero-order chi connectivity index (χ0) is 12.6. The maximum Gasteiger partial charge on any atom is 0.324 e. The highest BCUT2D eigenvalue weighted by molar-refractivity contribution is 9.10. The van der Waals surface area contributed by atoms with Gasteiger partial charge in [0.05, 0.1) is 0 Å². The molecular formula is C8H6BrN3O4S. The molecule has 0 saturated heterocycles. The van der Waals surface area contributed by atoms with Gasteiger partial charge in [-0.3, -0.25) is 4.79 Å². The Labute approximate surface area is 105 Å². The molecule has 0 aromatic carbocycles. The molecule has 7 nitrogen and oxygen atoms in total. The number of fused-ring (bicyclic) bond motifs is 1. The number of pyridine rings is 1. The number of sulfonamides is 1. The molecule has 0 atom stereocenters. The normalized spacial score (nSPS) is 16.6. The number of halogens is 1. The Hall–Kier alpha value is -1.48. The van der Waals surface area contributed by atoms with Gasteiger partial charge in [0, 0.05) is 10.7 Å². The Kier molecular flexibility index (Phi) is 2.87. The lowest BCUT2D eigenvalue weighted by atomic mass is 10.5. The third kappa shape index (κ3) is 2.15. The topological polar surface area (TPSA) is 99.9 Å². The maximum atomic E-state index is 12.0. The number of rotatable bonds is 2. The lowest BCUT2D eigenvalue weighted by molar-refractivity contribution is -0.136. The van der Waals surface area contributed by atoms with Gasteiger partial charge < -0.3 is 5.11 Å². The van der Waals surface area contributed by atoms with Crippen LogP contribution >= 0.6 is 15.9 Å². The van der Waals surface area contributed by atoms with Gasteiger partial charge in [-0.05, 0) is 22.0 Å². The van der Waals surface area contributed by atoms with Crippen LogP contribution in [0, 0.1) is 0 Å². The van der Waals surface area contributed by atoms with Crippen molar-refractivity contribution in [3.63, 3.8) is 0 Å². The van der Waals surface area contributed by atoms with E-state index in [-0.39, 0.29) is 10.7 Å². The number of aliphatic carboxylic acids is 1. The fraction of sp³-hybridized carbons (Fsp3) is 0.125. The molecule has 2 rings (SSSR count). The molecule has 0 amide bonds. The fourth-order valence-electron chi connectivity index (χ4n) is 1.27. The van der Waals surface area contributed by atoms with Crippen molar-refractivity contribution >= 4 is 44.1 Å². The van der Waals surface area contributed by atoms with Crippen LogP contribution in [0.15, 0.2) is 26.6 Å². The van der Waals surface area contributed by atoms with Gasteiger partial charge in [-0.2, -0.15) is 0 Å². The summed E-state index contributed by atoms with van der Waals surface area (Å²) >= 11 is 3.10. The first-order chi connectivity index (χ1) is 7.91. The molecule has 1 N–H and O–H groups in total. The molecule has 0 aliphatic carbocycles. The average molecular weight is 320 g/mol. The molecular weight excluding hydrogens is 314 g/mol. The van der Waals surface area contributed by atoms with Crippen molar-refractivity contribution in [3.05, 3.63) is 16.7 Å². The Balaban J connectivity index is 2.54. The van der Waals surface area contributed by atoms with Crippen molar-refractivity contribution < 1.29 is 18.3 Å². The fourth-order valence-corrected chi connectivity index (χ4v) is 3.07. The third-order valence-electron chi connectivity index (χ3n) is 1.99. The van der Waals surface area contributed by atoms with Crippen LogP contribution in [0.2, 0.25) is 0 Å². The number of carboxylic acid groups (broad SMARTS) is 1. The number of hydrogen-bond donors (Lipinski definition) is 1. The molecule has 0 bridgehead atoms. The molecule has 17 heavy (non-hydrogen) atoms. The number of aromatic nitrogens is 1. The van der Waals surface area contributed by atoms with E-state index in [9.17, 15) is 13.2 Å². The van der Waals surface area contributed by atoms with Crippen molar-refractivity contribution in [2.24, 2.45) is 4.99 Å². The lowest BCUT2D eigenvalue weighted by Crippen LogP contribution is -2.36. The summed E-state index contributed by atoms with van der Waals surface area (Å²) in [6.45, 7) is -0.669. The van der Waals surface area contributed by atoms with E-state index in [0.717, 1.165) is 6.34 Å².